The van der Waals surface area contributed by atoms with Gasteiger partial charge in [-0.25, -0.2) is 12.8 Å². The van der Waals surface area contributed by atoms with E-state index in [-0.39, 0.29) is 49.5 Å². The number of halogens is 1. The zero-order valence-corrected chi connectivity index (χ0v) is 22.8. The van der Waals surface area contributed by atoms with Crippen molar-refractivity contribution in [1.82, 2.24) is 10.2 Å². The number of nitrogens with one attached hydrogen (secondary N) is 1. The molecule has 202 valence electrons. The maximum atomic E-state index is 14.3. The summed E-state index contributed by atoms with van der Waals surface area (Å²) < 4.78 is 40.0. The molecule has 0 bridgehead atoms. The van der Waals surface area contributed by atoms with Gasteiger partial charge in [0.05, 0.1) is 11.9 Å². The van der Waals surface area contributed by atoms with Crippen LogP contribution in [0.2, 0.25) is 0 Å². The van der Waals surface area contributed by atoms with Gasteiger partial charge in [0.25, 0.3) is 0 Å². The van der Waals surface area contributed by atoms with Gasteiger partial charge in [0.15, 0.2) is 0 Å². The Hall–Kier alpha value is -2.94. The molecule has 0 spiro atoms. The summed E-state index contributed by atoms with van der Waals surface area (Å²) in [6.07, 6.45) is 6.46. The number of anilines is 1. The second-order valence-corrected chi connectivity index (χ2v) is 11.8. The lowest BCUT2D eigenvalue weighted by Gasteiger charge is -2.31. The summed E-state index contributed by atoms with van der Waals surface area (Å²) in [6.45, 7) is 3.92. The van der Waals surface area contributed by atoms with Crippen molar-refractivity contribution in [1.29, 1.82) is 0 Å². The van der Waals surface area contributed by atoms with Gasteiger partial charge in [-0.15, -0.1) is 0 Å². The molecular formula is C28H38FN3O4S. The molecule has 2 amide bonds. The average molecular weight is 532 g/mol. The summed E-state index contributed by atoms with van der Waals surface area (Å²) in [5, 5.41) is 3.11. The number of rotatable bonds is 11. The van der Waals surface area contributed by atoms with Gasteiger partial charge in [0.1, 0.15) is 11.9 Å². The van der Waals surface area contributed by atoms with Crippen LogP contribution in [0.4, 0.5) is 10.1 Å². The third-order valence-corrected chi connectivity index (χ3v) is 8.01. The fraction of sp³-hybridized carbons (Fsp3) is 0.500. The molecule has 0 heterocycles. The largest absolute Gasteiger partial charge is 0.352 e. The Morgan fingerprint density at radius 2 is 1.78 bits per heavy atom. The third kappa shape index (κ3) is 8.28. The number of nitrogens with zero attached hydrogens (tertiary/aromatic N) is 2. The lowest BCUT2D eigenvalue weighted by molar-refractivity contribution is -0.141. The number of para-hydroxylation sites is 1. The van der Waals surface area contributed by atoms with Gasteiger partial charge in [0.2, 0.25) is 21.8 Å². The highest BCUT2D eigenvalue weighted by atomic mass is 32.2. The molecule has 1 fully saturated rings. The van der Waals surface area contributed by atoms with Crippen LogP contribution in [-0.2, 0) is 26.2 Å². The number of amides is 2. The quantitative estimate of drug-likeness (QED) is 0.461. The van der Waals surface area contributed by atoms with E-state index in [9.17, 15) is 22.4 Å². The first-order valence-corrected chi connectivity index (χ1v) is 14.8. The highest BCUT2D eigenvalue weighted by molar-refractivity contribution is 7.92. The van der Waals surface area contributed by atoms with E-state index in [2.05, 4.69) is 5.32 Å². The number of sulfonamides is 1. The van der Waals surface area contributed by atoms with Crippen LogP contribution < -0.4 is 9.62 Å². The molecule has 0 aromatic heterocycles. The van der Waals surface area contributed by atoms with Crippen molar-refractivity contribution in [2.24, 2.45) is 0 Å². The minimum atomic E-state index is -3.75. The summed E-state index contributed by atoms with van der Waals surface area (Å²) in [5.74, 6) is -1.08. The average Bonchev–Trinajstić information content (AvgIpc) is 2.85. The number of hydrogen-bond donors (Lipinski definition) is 1. The molecular weight excluding hydrogens is 493 g/mol. The molecule has 7 nitrogen and oxygen atoms in total. The SMILES string of the molecule is Cc1cccc(CN(C(=O)CCCN(c2ccccc2F)S(C)(=O)=O)C(C)C(=O)NC2CCCCC2)c1. The van der Waals surface area contributed by atoms with E-state index in [4.69, 9.17) is 0 Å². The Morgan fingerprint density at radius 1 is 1.08 bits per heavy atom. The minimum Gasteiger partial charge on any atom is -0.352 e. The molecule has 1 N–H and O–H groups in total. The summed E-state index contributed by atoms with van der Waals surface area (Å²) in [4.78, 5) is 28.1. The molecule has 37 heavy (non-hydrogen) atoms. The monoisotopic (exact) mass is 531 g/mol. The van der Waals surface area contributed by atoms with Crippen LogP contribution in [0.15, 0.2) is 48.5 Å². The van der Waals surface area contributed by atoms with Crippen molar-refractivity contribution in [2.45, 2.75) is 77.4 Å². The Bertz CT molecular complexity index is 1180. The van der Waals surface area contributed by atoms with Crippen LogP contribution in [0, 0.1) is 12.7 Å². The van der Waals surface area contributed by atoms with E-state index >= 15 is 0 Å². The van der Waals surface area contributed by atoms with Crippen molar-refractivity contribution in [3.05, 3.63) is 65.5 Å². The summed E-state index contributed by atoms with van der Waals surface area (Å²) in [7, 11) is -3.75. The van der Waals surface area contributed by atoms with Gasteiger partial charge in [0, 0.05) is 25.6 Å². The van der Waals surface area contributed by atoms with Gasteiger partial charge in [-0.05, 0) is 50.8 Å². The smallest absolute Gasteiger partial charge is 0.242 e. The third-order valence-electron chi connectivity index (χ3n) is 6.83. The van der Waals surface area contributed by atoms with Crippen molar-refractivity contribution in [3.8, 4) is 0 Å². The molecule has 0 saturated heterocycles. The molecule has 1 unspecified atom stereocenters. The molecule has 1 aliphatic carbocycles. The second-order valence-electron chi connectivity index (χ2n) is 9.92. The molecule has 3 rings (SSSR count). The highest BCUT2D eigenvalue weighted by Crippen LogP contribution is 2.23. The van der Waals surface area contributed by atoms with E-state index in [1.165, 1.54) is 24.6 Å². The maximum Gasteiger partial charge on any atom is 0.242 e. The second kappa shape index (κ2) is 13.0. The molecule has 0 aliphatic heterocycles. The van der Waals surface area contributed by atoms with Crippen LogP contribution in [0.3, 0.4) is 0 Å². The van der Waals surface area contributed by atoms with Crippen LogP contribution in [-0.4, -0.2) is 50.0 Å². The number of aryl methyl sites for hydroxylation is 1. The van der Waals surface area contributed by atoms with Crippen LogP contribution in [0.1, 0.15) is 63.0 Å². The first-order valence-electron chi connectivity index (χ1n) is 12.9. The lowest BCUT2D eigenvalue weighted by Crippen LogP contribution is -2.50. The lowest BCUT2D eigenvalue weighted by atomic mass is 9.95. The van der Waals surface area contributed by atoms with E-state index < -0.39 is 21.9 Å². The van der Waals surface area contributed by atoms with Gasteiger partial charge in [-0.1, -0.05) is 61.2 Å². The molecule has 0 radical (unpaired) electrons. The molecule has 1 saturated carbocycles. The maximum absolute atomic E-state index is 14.3. The zero-order valence-electron chi connectivity index (χ0n) is 22.0. The van der Waals surface area contributed by atoms with Crippen molar-refractivity contribution in [2.75, 3.05) is 17.1 Å². The fourth-order valence-corrected chi connectivity index (χ4v) is 5.76. The highest BCUT2D eigenvalue weighted by Gasteiger charge is 2.28. The number of carbonyl (C=O) groups excluding carboxylic acids is 2. The molecule has 1 atom stereocenters. The van der Waals surface area contributed by atoms with Crippen molar-refractivity contribution < 1.29 is 22.4 Å². The Morgan fingerprint density at radius 3 is 2.43 bits per heavy atom. The van der Waals surface area contributed by atoms with Crippen LogP contribution >= 0.6 is 0 Å². The van der Waals surface area contributed by atoms with E-state index in [0.717, 1.165) is 47.4 Å². The topological polar surface area (TPSA) is 86.8 Å². The van der Waals surface area contributed by atoms with E-state index in [1.54, 1.807) is 17.9 Å². The number of carbonyl (C=O) groups is 2. The number of hydrogen-bond acceptors (Lipinski definition) is 4. The first-order chi connectivity index (χ1) is 17.6. The fourth-order valence-electron chi connectivity index (χ4n) is 4.79. The Balaban J connectivity index is 1.72. The van der Waals surface area contributed by atoms with Crippen molar-refractivity contribution >= 4 is 27.5 Å². The molecule has 2 aromatic rings. The van der Waals surface area contributed by atoms with Gasteiger partial charge < -0.3 is 10.2 Å². The minimum absolute atomic E-state index is 0.0212. The first kappa shape index (κ1) is 28.6. The normalized spacial score (nSPS) is 15.1. The van der Waals surface area contributed by atoms with Gasteiger partial charge >= 0.3 is 0 Å². The van der Waals surface area contributed by atoms with Crippen LogP contribution in [0.25, 0.3) is 0 Å². The van der Waals surface area contributed by atoms with Gasteiger partial charge in [-0.2, -0.15) is 0 Å². The molecule has 1 aliphatic rings. The zero-order chi connectivity index (χ0) is 27.0. The summed E-state index contributed by atoms with van der Waals surface area (Å²) >= 11 is 0. The molecule has 2 aromatic carbocycles. The van der Waals surface area contributed by atoms with E-state index in [0.29, 0.717) is 0 Å². The summed E-state index contributed by atoms with van der Waals surface area (Å²) in [6, 6.07) is 12.9. The van der Waals surface area contributed by atoms with Gasteiger partial charge in [-0.3, -0.25) is 13.9 Å². The predicted molar refractivity (Wildman–Crippen MR) is 144 cm³/mol. The predicted octanol–water partition coefficient (Wildman–Crippen LogP) is 4.55. The van der Waals surface area contributed by atoms with E-state index in [1.807, 2.05) is 31.2 Å². The standard InChI is InChI=1S/C28H38FN3O4S/c1-21-11-9-12-23(19-21)20-31(22(2)28(34)30-24-13-5-4-6-14-24)27(33)17-10-18-32(37(3,35)36)26-16-8-7-15-25(26)29/h7-9,11-12,15-16,19,22,24H,4-6,10,13-14,17-18,20H2,1-3H3,(H,30,34). The number of benzene rings is 2. The Kier molecular flexibility index (Phi) is 10.1. The van der Waals surface area contributed by atoms with Crippen LogP contribution in [0.5, 0.6) is 0 Å². The Labute approximate surface area is 220 Å². The van der Waals surface area contributed by atoms with Crippen molar-refractivity contribution in [3.63, 3.8) is 0 Å². The summed E-state index contributed by atoms with van der Waals surface area (Å²) in [5.41, 5.74) is 1.92. The molecule has 9 heteroatoms.